The molecule has 128 valence electrons. The third-order valence-corrected chi connectivity index (χ3v) is 4.72. The third-order valence-electron chi connectivity index (χ3n) is 4.50. The number of nitrogens with one attached hydrogen (secondary N) is 1. The highest BCUT2D eigenvalue weighted by atomic mass is 35.5. The smallest absolute Gasteiger partial charge is 0.147 e. The van der Waals surface area contributed by atoms with Crippen LogP contribution in [0.1, 0.15) is 19.8 Å². The first-order valence-corrected chi connectivity index (χ1v) is 8.54. The lowest BCUT2D eigenvalue weighted by Gasteiger charge is -2.18. The molecule has 1 aromatic carbocycles. The number of anilines is 2. The van der Waals surface area contributed by atoms with Gasteiger partial charge in [-0.25, -0.2) is 14.4 Å². The molecule has 1 aliphatic carbocycles. The van der Waals surface area contributed by atoms with Gasteiger partial charge in [-0.15, -0.1) is 0 Å². The number of rotatable bonds is 5. The van der Waals surface area contributed by atoms with Crippen molar-refractivity contribution in [1.82, 2.24) is 9.97 Å². The van der Waals surface area contributed by atoms with Crippen LogP contribution in [0.25, 0.3) is 10.8 Å². The standard InChI is InChI=1S/C19H17ClFN3O/c1-12(19(21)7-8-19)25-15-3-4-16-13(10-15)6-9-22-18(16)24-14-2-5-17(20)23-11-14/h2-6,9-12H,7-8H2,1H3,(H,22,24)/t12-/m0/s1. The van der Waals surface area contributed by atoms with Crippen LogP contribution in [0.3, 0.4) is 0 Å². The fourth-order valence-corrected chi connectivity index (χ4v) is 2.86. The summed E-state index contributed by atoms with van der Waals surface area (Å²) in [5.74, 6) is 1.37. The Kier molecular flexibility index (Phi) is 3.96. The fraction of sp³-hybridized carbons (Fsp3) is 0.263. The topological polar surface area (TPSA) is 47.0 Å². The van der Waals surface area contributed by atoms with Crippen LogP contribution in [0.5, 0.6) is 5.75 Å². The Morgan fingerprint density at radius 3 is 2.76 bits per heavy atom. The van der Waals surface area contributed by atoms with Crippen molar-refractivity contribution in [1.29, 1.82) is 0 Å². The SMILES string of the molecule is C[C@H](Oc1ccc2c(Nc3ccc(Cl)nc3)nccc2c1)C1(F)CC1. The minimum absolute atomic E-state index is 0.439. The molecule has 1 aliphatic rings. The van der Waals surface area contributed by atoms with Crippen molar-refractivity contribution in [2.75, 3.05) is 5.32 Å². The molecular weight excluding hydrogens is 341 g/mol. The maximum absolute atomic E-state index is 14.1. The predicted molar refractivity (Wildman–Crippen MR) is 97.4 cm³/mol. The summed E-state index contributed by atoms with van der Waals surface area (Å²) in [7, 11) is 0. The predicted octanol–water partition coefficient (Wildman–Crippen LogP) is 5.30. The summed E-state index contributed by atoms with van der Waals surface area (Å²) < 4.78 is 19.8. The lowest BCUT2D eigenvalue weighted by molar-refractivity contribution is 0.0972. The summed E-state index contributed by atoms with van der Waals surface area (Å²) in [6, 6.07) is 11.1. The van der Waals surface area contributed by atoms with E-state index in [1.54, 1.807) is 25.4 Å². The first-order chi connectivity index (χ1) is 12.0. The quantitative estimate of drug-likeness (QED) is 0.630. The second kappa shape index (κ2) is 6.15. The minimum Gasteiger partial charge on any atom is -0.487 e. The van der Waals surface area contributed by atoms with Gasteiger partial charge in [0.1, 0.15) is 28.5 Å². The number of halogens is 2. The molecule has 0 radical (unpaired) electrons. The monoisotopic (exact) mass is 357 g/mol. The number of nitrogens with zero attached hydrogens (tertiary/aromatic N) is 2. The van der Waals surface area contributed by atoms with Gasteiger partial charge in [-0.1, -0.05) is 11.6 Å². The number of alkyl halides is 1. The number of benzene rings is 1. The zero-order valence-electron chi connectivity index (χ0n) is 13.7. The zero-order valence-corrected chi connectivity index (χ0v) is 14.4. The van der Waals surface area contributed by atoms with Gasteiger partial charge in [0.05, 0.1) is 11.9 Å². The van der Waals surface area contributed by atoms with Gasteiger partial charge in [-0.3, -0.25) is 0 Å². The lowest BCUT2D eigenvalue weighted by atomic mass is 10.1. The average molecular weight is 358 g/mol. The van der Waals surface area contributed by atoms with Crippen molar-refractivity contribution >= 4 is 33.9 Å². The van der Waals surface area contributed by atoms with E-state index in [0.717, 1.165) is 16.5 Å². The summed E-state index contributed by atoms with van der Waals surface area (Å²) in [6.07, 6.45) is 4.09. The Morgan fingerprint density at radius 1 is 1.20 bits per heavy atom. The molecular formula is C19H17ClFN3O. The average Bonchev–Trinajstić information content (AvgIpc) is 3.36. The molecule has 2 heterocycles. The van der Waals surface area contributed by atoms with Crippen LogP contribution in [-0.2, 0) is 0 Å². The van der Waals surface area contributed by atoms with E-state index in [9.17, 15) is 4.39 Å². The Hall–Kier alpha value is -2.40. The van der Waals surface area contributed by atoms with Crippen molar-refractivity contribution in [2.45, 2.75) is 31.5 Å². The Labute approximate surface area is 150 Å². The van der Waals surface area contributed by atoms with Crippen LogP contribution >= 0.6 is 11.6 Å². The van der Waals surface area contributed by atoms with Gasteiger partial charge in [0.15, 0.2) is 0 Å². The van der Waals surface area contributed by atoms with Crippen molar-refractivity contribution in [3.8, 4) is 5.75 Å². The number of fused-ring (bicyclic) bond motifs is 1. The molecule has 1 atom stereocenters. The van der Waals surface area contributed by atoms with Gasteiger partial charge >= 0.3 is 0 Å². The van der Waals surface area contributed by atoms with Gasteiger partial charge < -0.3 is 10.1 Å². The van der Waals surface area contributed by atoms with Crippen LogP contribution in [0, 0.1) is 0 Å². The molecule has 1 fully saturated rings. The summed E-state index contributed by atoms with van der Waals surface area (Å²) in [6.45, 7) is 1.78. The summed E-state index contributed by atoms with van der Waals surface area (Å²) in [5, 5.41) is 5.58. The second-order valence-corrected chi connectivity index (χ2v) is 6.72. The number of ether oxygens (including phenoxy) is 1. The normalized spacial score (nSPS) is 16.4. The first kappa shape index (κ1) is 16.1. The Balaban J connectivity index is 1.60. The third kappa shape index (κ3) is 3.37. The van der Waals surface area contributed by atoms with Crippen LogP contribution < -0.4 is 10.1 Å². The molecule has 3 aromatic rings. The van der Waals surface area contributed by atoms with Gasteiger partial charge in [0.2, 0.25) is 0 Å². The molecule has 0 saturated heterocycles. The molecule has 0 aliphatic heterocycles. The zero-order chi connectivity index (χ0) is 17.4. The van der Waals surface area contributed by atoms with Crippen molar-refractivity contribution in [3.63, 3.8) is 0 Å². The van der Waals surface area contributed by atoms with E-state index in [1.165, 1.54) is 0 Å². The van der Waals surface area contributed by atoms with E-state index in [4.69, 9.17) is 16.3 Å². The van der Waals surface area contributed by atoms with Crippen LogP contribution in [0.2, 0.25) is 5.15 Å². The van der Waals surface area contributed by atoms with Crippen molar-refractivity contribution in [2.24, 2.45) is 0 Å². The molecule has 0 amide bonds. The van der Waals surface area contributed by atoms with Crippen LogP contribution in [0.4, 0.5) is 15.9 Å². The molecule has 0 unspecified atom stereocenters. The Morgan fingerprint density at radius 2 is 2.04 bits per heavy atom. The van der Waals surface area contributed by atoms with Crippen LogP contribution in [0.15, 0.2) is 48.8 Å². The number of hydrogen-bond acceptors (Lipinski definition) is 4. The second-order valence-electron chi connectivity index (χ2n) is 6.33. The minimum atomic E-state index is -1.17. The number of aromatic nitrogens is 2. The molecule has 2 aromatic heterocycles. The van der Waals surface area contributed by atoms with Gasteiger partial charge in [-0.2, -0.15) is 0 Å². The lowest BCUT2D eigenvalue weighted by Crippen LogP contribution is -2.26. The molecule has 6 heteroatoms. The summed E-state index contributed by atoms with van der Waals surface area (Å²) in [5.41, 5.74) is -0.368. The fourth-order valence-electron chi connectivity index (χ4n) is 2.75. The van der Waals surface area contributed by atoms with E-state index >= 15 is 0 Å². The van der Waals surface area contributed by atoms with Crippen molar-refractivity contribution < 1.29 is 9.13 Å². The molecule has 4 nitrogen and oxygen atoms in total. The van der Waals surface area contributed by atoms with Crippen molar-refractivity contribution in [3.05, 3.63) is 53.9 Å². The van der Waals surface area contributed by atoms with E-state index in [-0.39, 0.29) is 0 Å². The van der Waals surface area contributed by atoms with E-state index in [2.05, 4.69) is 15.3 Å². The van der Waals surface area contributed by atoms with Gasteiger partial charge in [0, 0.05) is 11.6 Å². The highest BCUT2D eigenvalue weighted by Crippen LogP contribution is 2.44. The summed E-state index contributed by atoms with van der Waals surface area (Å²) >= 11 is 5.81. The first-order valence-electron chi connectivity index (χ1n) is 8.16. The van der Waals surface area contributed by atoms with E-state index in [1.807, 2.05) is 30.3 Å². The molecule has 1 saturated carbocycles. The van der Waals surface area contributed by atoms with E-state index < -0.39 is 11.8 Å². The maximum atomic E-state index is 14.1. The number of pyridine rings is 2. The molecule has 4 rings (SSSR count). The summed E-state index contributed by atoms with van der Waals surface area (Å²) in [4.78, 5) is 8.44. The van der Waals surface area contributed by atoms with E-state index in [0.29, 0.717) is 29.6 Å². The molecule has 0 spiro atoms. The number of hydrogen-bond donors (Lipinski definition) is 1. The van der Waals surface area contributed by atoms with Gasteiger partial charge in [-0.05, 0) is 61.5 Å². The highest BCUT2D eigenvalue weighted by Gasteiger charge is 2.49. The highest BCUT2D eigenvalue weighted by molar-refractivity contribution is 6.29. The Bertz CT molecular complexity index is 912. The maximum Gasteiger partial charge on any atom is 0.147 e. The molecule has 1 N–H and O–H groups in total. The van der Waals surface area contributed by atoms with Crippen LogP contribution in [-0.4, -0.2) is 21.7 Å². The largest absolute Gasteiger partial charge is 0.487 e. The molecule has 0 bridgehead atoms. The van der Waals surface area contributed by atoms with Gasteiger partial charge in [0.25, 0.3) is 0 Å². The molecule has 25 heavy (non-hydrogen) atoms.